The van der Waals surface area contributed by atoms with Crippen molar-refractivity contribution >= 4 is 46.0 Å². The Bertz CT molecular complexity index is 118. The maximum atomic E-state index is 2.30. The standard InChI is InChI=1S/2C8H17.2ClH.Sn/c2*1-3-5-7-8-6-4-2;;;/h2*1,3-8H2,2H3;2*1H;. The summed E-state index contributed by atoms with van der Waals surface area (Å²) < 4.78 is 3.31. The molecule has 0 aliphatic rings. The zero-order valence-corrected chi connectivity index (χ0v) is 17.7. The normalized spacial score (nSPS) is 9.79. The summed E-state index contributed by atoms with van der Waals surface area (Å²) in [6.07, 6.45) is 17.8. The van der Waals surface area contributed by atoms with Gasteiger partial charge in [0.1, 0.15) is 0 Å². The molecule has 0 unspecified atom stereocenters. The number of rotatable bonds is 14. The third-order valence-electron chi connectivity index (χ3n) is 3.41. The first-order chi connectivity index (χ1) is 8.41. The van der Waals surface area contributed by atoms with Crippen LogP contribution >= 0.6 is 24.8 Å². The van der Waals surface area contributed by atoms with Crippen molar-refractivity contribution in [2.24, 2.45) is 0 Å². The van der Waals surface area contributed by atoms with Crippen molar-refractivity contribution in [3.8, 4) is 0 Å². The Morgan fingerprint density at radius 3 is 1.16 bits per heavy atom. The third kappa shape index (κ3) is 24.7. The quantitative estimate of drug-likeness (QED) is 0.209. The fourth-order valence-corrected chi connectivity index (χ4v) is 5.75. The minimum atomic E-state index is 0. The molecule has 0 rings (SSSR count). The summed E-state index contributed by atoms with van der Waals surface area (Å²) in [6.45, 7) is 4.60. The molecule has 0 aromatic carbocycles. The Morgan fingerprint density at radius 1 is 0.474 bits per heavy atom. The molecule has 0 N–H and O–H groups in total. The van der Waals surface area contributed by atoms with Crippen LogP contribution in [0.3, 0.4) is 0 Å². The van der Waals surface area contributed by atoms with Gasteiger partial charge in [-0.05, 0) is 0 Å². The van der Waals surface area contributed by atoms with Crippen LogP contribution in [0, 0.1) is 0 Å². The minimum absolute atomic E-state index is 0. The summed E-state index contributed by atoms with van der Waals surface area (Å²) in [5.41, 5.74) is 0. The summed E-state index contributed by atoms with van der Waals surface area (Å²) in [6, 6.07) is 0. The molecule has 19 heavy (non-hydrogen) atoms. The zero-order chi connectivity index (χ0) is 12.6. The second-order valence-electron chi connectivity index (χ2n) is 5.29. The summed E-state index contributed by atoms with van der Waals surface area (Å²) in [5, 5.41) is 0. The van der Waals surface area contributed by atoms with Crippen molar-refractivity contribution in [2.75, 3.05) is 0 Å². The van der Waals surface area contributed by atoms with Gasteiger partial charge in [-0.1, -0.05) is 0 Å². The van der Waals surface area contributed by atoms with E-state index in [0.29, 0.717) is 0 Å². The second-order valence-corrected chi connectivity index (χ2v) is 9.57. The van der Waals surface area contributed by atoms with E-state index >= 15 is 0 Å². The molecule has 0 bridgehead atoms. The largest absolute Gasteiger partial charge is 0.147 e. The van der Waals surface area contributed by atoms with E-state index in [1.807, 2.05) is 0 Å². The number of halogens is 2. The van der Waals surface area contributed by atoms with Crippen LogP contribution in [-0.2, 0) is 0 Å². The van der Waals surface area contributed by atoms with Gasteiger partial charge in [0.05, 0.1) is 0 Å². The Hall–Kier alpha value is 1.38. The van der Waals surface area contributed by atoms with Crippen molar-refractivity contribution in [3.63, 3.8) is 0 Å². The molecule has 0 aliphatic heterocycles. The van der Waals surface area contributed by atoms with Crippen LogP contribution in [-0.4, -0.2) is 21.1 Å². The van der Waals surface area contributed by atoms with E-state index in [9.17, 15) is 0 Å². The van der Waals surface area contributed by atoms with Crippen LogP contribution < -0.4 is 0 Å². The van der Waals surface area contributed by atoms with Gasteiger partial charge in [0, 0.05) is 0 Å². The average Bonchev–Trinajstić information content (AvgIpc) is 2.35. The van der Waals surface area contributed by atoms with E-state index in [4.69, 9.17) is 0 Å². The smallest absolute Gasteiger partial charge is 0.147 e. The molecule has 0 fully saturated rings. The molecule has 0 spiro atoms. The molecule has 3 heteroatoms. The van der Waals surface area contributed by atoms with Crippen LogP contribution in [0.25, 0.3) is 0 Å². The summed E-state index contributed by atoms with van der Waals surface area (Å²) in [4.78, 5) is 0. The number of unbranched alkanes of at least 4 members (excludes halogenated alkanes) is 10. The van der Waals surface area contributed by atoms with Crippen molar-refractivity contribution in [2.45, 2.75) is 99.8 Å². The van der Waals surface area contributed by atoms with Crippen LogP contribution in [0.15, 0.2) is 0 Å². The molecule has 0 heterocycles. The first-order valence-corrected chi connectivity index (χ1v) is 12.2. The molecule has 0 saturated carbocycles. The van der Waals surface area contributed by atoms with Crippen LogP contribution in [0.2, 0.25) is 8.87 Å². The first kappa shape index (κ1) is 25.3. The van der Waals surface area contributed by atoms with E-state index in [-0.39, 0.29) is 46.0 Å². The molecule has 0 saturated heterocycles. The maximum absolute atomic E-state index is 2.30. The van der Waals surface area contributed by atoms with Gasteiger partial charge >= 0.3 is 121 Å². The molecule has 0 aromatic rings. The Labute approximate surface area is 145 Å². The van der Waals surface area contributed by atoms with Crippen molar-refractivity contribution in [3.05, 3.63) is 0 Å². The molecule has 0 atom stereocenters. The van der Waals surface area contributed by atoms with Crippen LogP contribution in [0.5, 0.6) is 0 Å². The van der Waals surface area contributed by atoms with E-state index in [2.05, 4.69) is 13.8 Å². The molecule has 0 amide bonds. The topological polar surface area (TPSA) is 0 Å². The molecular formula is C16H36Cl2Sn. The van der Waals surface area contributed by atoms with Gasteiger partial charge in [-0.2, -0.15) is 0 Å². The predicted octanol–water partition coefficient (Wildman–Crippen LogP) is 7.09. The van der Waals surface area contributed by atoms with Gasteiger partial charge in [-0.3, -0.25) is 0 Å². The zero-order valence-electron chi connectivity index (χ0n) is 13.2. The summed E-state index contributed by atoms with van der Waals surface area (Å²) in [7, 11) is 0. The van der Waals surface area contributed by atoms with Gasteiger partial charge in [0.15, 0.2) is 0 Å². The minimum Gasteiger partial charge on any atom is -0.147 e. The van der Waals surface area contributed by atoms with E-state index in [1.165, 1.54) is 64.2 Å². The molecule has 0 aliphatic carbocycles. The molecule has 2 radical (unpaired) electrons. The Balaban J connectivity index is -0.00000128. The van der Waals surface area contributed by atoms with Gasteiger partial charge in [0.25, 0.3) is 0 Å². The summed E-state index contributed by atoms with van der Waals surface area (Å²) >= 11 is 0.0736. The number of hydrogen-bond donors (Lipinski definition) is 0. The fourth-order valence-electron chi connectivity index (χ4n) is 2.19. The van der Waals surface area contributed by atoms with Crippen molar-refractivity contribution in [1.82, 2.24) is 0 Å². The Morgan fingerprint density at radius 2 is 0.789 bits per heavy atom. The van der Waals surface area contributed by atoms with E-state index < -0.39 is 0 Å². The number of hydrogen-bond acceptors (Lipinski definition) is 0. The van der Waals surface area contributed by atoms with Crippen LogP contribution in [0.1, 0.15) is 90.9 Å². The molecule has 0 nitrogen and oxygen atoms in total. The van der Waals surface area contributed by atoms with E-state index in [0.717, 1.165) is 0 Å². The van der Waals surface area contributed by atoms with E-state index in [1.54, 1.807) is 21.7 Å². The first-order valence-electron chi connectivity index (χ1n) is 8.12. The molecule has 0 aromatic heterocycles. The third-order valence-corrected chi connectivity index (χ3v) is 7.45. The average molecular weight is 418 g/mol. The predicted molar refractivity (Wildman–Crippen MR) is 96.6 cm³/mol. The monoisotopic (exact) mass is 418 g/mol. The second kappa shape index (κ2) is 24.4. The van der Waals surface area contributed by atoms with Crippen molar-refractivity contribution < 1.29 is 0 Å². The maximum Gasteiger partial charge on any atom is -0.147 e. The fraction of sp³-hybridized carbons (Fsp3) is 1.00. The molecular weight excluding hydrogens is 382 g/mol. The Kier molecular flexibility index (Phi) is 32.5. The van der Waals surface area contributed by atoms with Crippen molar-refractivity contribution in [1.29, 1.82) is 0 Å². The summed E-state index contributed by atoms with van der Waals surface area (Å²) in [5.74, 6) is 0. The van der Waals surface area contributed by atoms with Gasteiger partial charge in [-0.25, -0.2) is 0 Å². The van der Waals surface area contributed by atoms with Gasteiger partial charge < -0.3 is 0 Å². The molecule has 118 valence electrons. The van der Waals surface area contributed by atoms with Gasteiger partial charge in [-0.15, -0.1) is 24.8 Å². The van der Waals surface area contributed by atoms with Crippen LogP contribution in [0.4, 0.5) is 0 Å². The SMILES string of the molecule is CCCCCCC[CH2][Sn][CH2]CCCCCCC.Cl.Cl. The van der Waals surface area contributed by atoms with Gasteiger partial charge in [0.2, 0.25) is 0 Å².